The van der Waals surface area contributed by atoms with E-state index in [1.54, 1.807) is 0 Å². The normalized spacial score (nSPS) is 26.3. The van der Waals surface area contributed by atoms with Crippen molar-refractivity contribution in [2.24, 2.45) is 11.8 Å². The highest BCUT2D eigenvalue weighted by Crippen LogP contribution is 2.14. The molecule has 1 rings (SSSR count). The van der Waals surface area contributed by atoms with Gasteiger partial charge >= 0.3 is 0 Å². The van der Waals surface area contributed by atoms with Gasteiger partial charge in [0.1, 0.15) is 6.29 Å². The van der Waals surface area contributed by atoms with Crippen LogP contribution in [0.2, 0.25) is 0 Å². The molecular formula is C9H17NO. The van der Waals surface area contributed by atoms with E-state index in [9.17, 15) is 4.79 Å². The van der Waals surface area contributed by atoms with Gasteiger partial charge in [0, 0.05) is 19.0 Å². The number of carbonyl (C=O) groups is 1. The zero-order valence-corrected chi connectivity index (χ0v) is 7.42. The summed E-state index contributed by atoms with van der Waals surface area (Å²) in [6, 6.07) is 0. The van der Waals surface area contributed by atoms with Crippen molar-refractivity contribution >= 4 is 6.29 Å². The van der Waals surface area contributed by atoms with Crippen LogP contribution in [0.5, 0.6) is 0 Å². The van der Waals surface area contributed by atoms with Crippen LogP contribution in [0.3, 0.4) is 0 Å². The van der Waals surface area contributed by atoms with Crippen molar-refractivity contribution in [3.63, 3.8) is 0 Å². The number of hydrogen-bond donors (Lipinski definition) is 0. The summed E-state index contributed by atoms with van der Waals surface area (Å²) in [6.07, 6.45) is 2.16. The Morgan fingerprint density at radius 2 is 2.36 bits per heavy atom. The van der Waals surface area contributed by atoms with Crippen molar-refractivity contribution in [2.75, 3.05) is 19.6 Å². The van der Waals surface area contributed by atoms with Gasteiger partial charge in [-0.15, -0.1) is 0 Å². The van der Waals surface area contributed by atoms with E-state index in [4.69, 9.17) is 0 Å². The van der Waals surface area contributed by atoms with Crippen LogP contribution in [0.4, 0.5) is 0 Å². The molecule has 1 atom stereocenters. The molecule has 2 nitrogen and oxygen atoms in total. The minimum atomic E-state index is 0.314. The molecule has 2 heteroatoms. The molecule has 0 aromatic carbocycles. The summed E-state index contributed by atoms with van der Waals surface area (Å²) in [5, 5.41) is 0. The minimum absolute atomic E-state index is 0.314. The van der Waals surface area contributed by atoms with Crippen molar-refractivity contribution in [3.8, 4) is 0 Å². The van der Waals surface area contributed by atoms with Crippen LogP contribution in [0.15, 0.2) is 0 Å². The molecule has 1 aliphatic heterocycles. The summed E-state index contributed by atoms with van der Waals surface area (Å²) in [6.45, 7) is 7.68. The summed E-state index contributed by atoms with van der Waals surface area (Å²) in [4.78, 5) is 12.8. The summed E-state index contributed by atoms with van der Waals surface area (Å²) < 4.78 is 0. The third-order valence-corrected chi connectivity index (χ3v) is 2.12. The molecule has 1 saturated heterocycles. The zero-order chi connectivity index (χ0) is 8.27. The van der Waals surface area contributed by atoms with Crippen molar-refractivity contribution < 1.29 is 4.79 Å². The minimum Gasteiger partial charge on any atom is -0.303 e. The maximum atomic E-state index is 10.4. The lowest BCUT2D eigenvalue weighted by atomic mass is 10.1. The Kier molecular flexibility index (Phi) is 3.06. The van der Waals surface area contributed by atoms with Gasteiger partial charge in [-0.2, -0.15) is 0 Å². The predicted octanol–water partition coefficient (Wildman–Crippen LogP) is 1.16. The van der Waals surface area contributed by atoms with Gasteiger partial charge in [-0.3, -0.25) is 0 Å². The molecule has 1 aliphatic rings. The number of rotatable bonds is 3. The zero-order valence-electron chi connectivity index (χ0n) is 7.42. The predicted molar refractivity (Wildman–Crippen MR) is 45.4 cm³/mol. The maximum absolute atomic E-state index is 10.4. The average molecular weight is 155 g/mol. The van der Waals surface area contributed by atoms with Crippen LogP contribution in [-0.2, 0) is 4.79 Å². The van der Waals surface area contributed by atoms with Crippen molar-refractivity contribution in [1.29, 1.82) is 0 Å². The van der Waals surface area contributed by atoms with Crippen LogP contribution in [0.1, 0.15) is 20.3 Å². The van der Waals surface area contributed by atoms with Crippen molar-refractivity contribution in [3.05, 3.63) is 0 Å². The van der Waals surface area contributed by atoms with Gasteiger partial charge in [0.2, 0.25) is 0 Å². The quantitative estimate of drug-likeness (QED) is 0.570. The number of nitrogens with zero attached hydrogens (tertiary/aromatic N) is 1. The van der Waals surface area contributed by atoms with Crippen molar-refractivity contribution in [1.82, 2.24) is 4.90 Å². The third kappa shape index (κ3) is 2.62. The van der Waals surface area contributed by atoms with Gasteiger partial charge in [-0.1, -0.05) is 13.8 Å². The fourth-order valence-electron chi connectivity index (χ4n) is 1.66. The molecule has 0 spiro atoms. The first-order valence-electron chi connectivity index (χ1n) is 4.40. The lowest BCUT2D eigenvalue weighted by Gasteiger charge is -2.16. The van der Waals surface area contributed by atoms with Gasteiger partial charge in [-0.25, -0.2) is 0 Å². The van der Waals surface area contributed by atoms with E-state index in [-0.39, 0.29) is 0 Å². The lowest BCUT2D eigenvalue weighted by Crippen LogP contribution is -2.25. The van der Waals surface area contributed by atoms with E-state index in [0.29, 0.717) is 5.92 Å². The molecule has 0 amide bonds. The molecule has 0 saturated carbocycles. The van der Waals surface area contributed by atoms with Gasteiger partial charge in [0.05, 0.1) is 0 Å². The largest absolute Gasteiger partial charge is 0.303 e. The highest BCUT2D eigenvalue weighted by Gasteiger charge is 2.21. The van der Waals surface area contributed by atoms with Crippen LogP contribution >= 0.6 is 0 Å². The second-order valence-corrected chi connectivity index (χ2v) is 3.84. The maximum Gasteiger partial charge on any atom is 0.124 e. The molecule has 64 valence electrons. The van der Waals surface area contributed by atoms with E-state index in [2.05, 4.69) is 18.7 Å². The SMILES string of the molecule is CC(C)CN1CCC(C=O)C1. The Hall–Kier alpha value is -0.370. The van der Waals surface area contributed by atoms with Crippen LogP contribution in [0, 0.1) is 11.8 Å². The topological polar surface area (TPSA) is 20.3 Å². The highest BCUT2D eigenvalue weighted by atomic mass is 16.1. The van der Waals surface area contributed by atoms with E-state index >= 15 is 0 Å². The second kappa shape index (κ2) is 3.86. The number of hydrogen-bond acceptors (Lipinski definition) is 2. The Morgan fingerprint density at radius 1 is 1.64 bits per heavy atom. The van der Waals surface area contributed by atoms with E-state index in [0.717, 1.165) is 38.3 Å². The Labute approximate surface area is 68.6 Å². The van der Waals surface area contributed by atoms with Gasteiger partial charge in [-0.05, 0) is 18.9 Å². The van der Waals surface area contributed by atoms with Gasteiger partial charge in [0.15, 0.2) is 0 Å². The van der Waals surface area contributed by atoms with Crippen molar-refractivity contribution in [2.45, 2.75) is 20.3 Å². The monoisotopic (exact) mass is 155 g/mol. The second-order valence-electron chi connectivity index (χ2n) is 3.84. The summed E-state index contributed by atoms with van der Waals surface area (Å²) >= 11 is 0. The molecular weight excluding hydrogens is 138 g/mol. The number of carbonyl (C=O) groups excluding carboxylic acids is 1. The Bertz CT molecular complexity index is 134. The third-order valence-electron chi connectivity index (χ3n) is 2.12. The summed E-state index contributed by atoms with van der Waals surface area (Å²) in [5.74, 6) is 1.04. The summed E-state index contributed by atoms with van der Waals surface area (Å²) in [7, 11) is 0. The first kappa shape index (κ1) is 8.72. The fraction of sp³-hybridized carbons (Fsp3) is 0.889. The highest BCUT2D eigenvalue weighted by molar-refractivity contribution is 5.54. The fourth-order valence-corrected chi connectivity index (χ4v) is 1.66. The number of likely N-dealkylation sites (tertiary alicyclic amines) is 1. The first-order valence-corrected chi connectivity index (χ1v) is 4.40. The molecule has 1 heterocycles. The van der Waals surface area contributed by atoms with E-state index < -0.39 is 0 Å². The van der Waals surface area contributed by atoms with Gasteiger partial charge < -0.3 is 9.69 Å². The smallest absolute Gasteiger partial charge is 0.124 e. The number of aldehydes is 1. The van der Waals surface area contributed by atoms with Crippen LogP contribution in [-0.4, -0.2) is 30.8 Å². The standard InChI is InChI=1S/C9H17NO/c1-8(2)5-10-4-3-9(6-10)7-11/h7-9H,3-6H2,1-2H3. The first-order chi connectivity index (χ1) is 5.22. The lowest BCUT2D eigenvalue weighted by molar-refractivity contribution is -0.110. The van der Waals surface area contributed by atoms with Gasteiger partial charge in [0.25, 0.3) is 0 Å². The molecule has 11 heavy (non-hydrogen) atoms. The molecule has 0 aliphatic carbocycles. The molecule has 1 unspecified atom stereocenters. The molecule has 0 radical (unpaired) electrons. The van der Waals surface area contributed by atoms with E-state index in [1.807, 2.05) is 0 Å². The van der Waals surface area contributed by atoms with Crippen LogP contribution < -0.4 is 0 Å². The molecule has 0 bridgehead atoms. The Morgan fingerprint density at radius 3 is 2.82 bits per heavy atom. The molecule has 1 fully saturated rings. The Balaban J connectivity index is 2.24. The van der Waals surface area contributed by atoms with E-state index in [1.165, 1.54) is 0 Å². The molecule has 0 aromatic heterocycles. The molecule has 0 aromatic rings. The molecule has 0 N–H and O–H groups in total. The average Bonchev–Trinajstić information content (AvgIpc) is 2.34. The van der Waals surface area contributed by atoms with Crippen LogP contribution in [0.25, 0.3) is 0 Å². The summed E-state index contributed by atoms with van der Waals surface area (Å²) in [5.41, 5.74) is 0.